The normalized spacial score (nSPS) is 11.9. The van der Waals surface area contributed by atoms with Crippen LogP contribution in [0.3, 0.4) is 0 Å². The van der Waals surface area contributed by atoms with E-state index in [1.54, 1.807) is 7.11 Å². The molecule has 1 aromatic rings. The zero-order valence-electron chi connectivity index (χ0n) is 10.6. The minimum absolute atomic E-state index is 0.171. The van der Waals surface area contributed by atoms with Crippen molar-refractivity contribution >= 4 is 11.7 Å². The second-order valence-corrected chi connectivity index (χ2v) is 4.00. The Labute approximate surface area is 102 Å². The van der Waals surface area contributed by atoms with Crippen molar-refractivity contribution < 1.29 is 9.53 Å². The molecule has 4 heteroatoms. The van der Waals surface area contributed by atoms with Gasteiger partial charge < -0.3 is 15.4 Å². The SMILES string of the molecule is CC[C@H](C)NC(=O)Nc1ccccc1COC. The van der Waals surface area contributed by atoms with Crippen molar-refractivity contribution in [3.8, 4) is 0 Å². The predicted octanol–water partition coefficient (Wildman–Crippen LogP) is 2.75. The topological polar surface area (TPSA) is 50.4 Å². The third-order valence-electron chi connectivity index (χ3n) is 2.56. The molecule has 0 saturated heterocycles. The van der Waals surface area contributed by atoms with Gasteiger partial charge in [0.25, 0.3) is 0 Å². The number of methoxy groups -OCH3 is 1. The van der Waals surface area contributed by atoms with Gasteiger partial charge in [0.05, 0.1) is 6.61 Å². The van der Waals surface area contributed by atoms with Crippen LogP contribution in [0, 0.1) is 0 Å². The van der Waals surface area contributed by atoms with E-state index >= 15 is 0 Å². The zero-order valence-corrected chi connectivity index (χ0v) is 10.6. The molecule has 0 bridgehead atoms. The van der Waals surface area contributed by atoms with Gasteiger partial charge in [-0.05, 0) is 19.4 Å². The van der Waals surface area contributed by atoms with Crippen molar-refractivity contribution in [3.05, 3.63) is 29.8 Å². The monoisotopic (exact) mass is 236 g/mol. The number of ether oxygens (including phenoxy) is 1. The first-order valence-corrected chi connectivity index (χ1v) is 5.81. The number of urea groups is 1. The Kier molecular flexibility index (Phi) is 5.49. The number of carbonyl (C=O) groups is 1. The molecule has 0 aliphatic heterocycles. The molecule has 1 rings (SSSR count). The number of hydrogen-bond acceptors (Lipinski definition) is 2. The fourth-order valence-electron chi connectivity index (χ4n) is 1.41. The highest BCUT2D eigenvalue weighted by molar-refractivity contribution is 5.90. The molecular weight excluding hydrogens is 216 g/mol. The number of rotatable bonds is 5. The number of benzene rings is 1. The van der Waals surface area contributed by atoms with Crippen LogP contribution in [0.5, 0.6) is 0 Å². The van der Waals surface area contributed by atoms with Crippen LogP contribution < -0.4 is 10.6 Å². The summed E-state index contributed by atoms with van der Waals surface area (Å²) in [5, 5.41) is 5.69. The second-order valence-electron chi connectivity index (χ2n) is 4.00. The summed E-state index contributed by atoms with van der Waals surface area (Å²) in [5.41, 5.74) is 1.75. The highest BCUT2D eigenvalue weighted by atomic mass is 16.5. The van der Waals surface area contributed by atoms with Gasteiger partial charge in [0.15, 0.2) is 0 Å². The van der Waals surface area contributed by atoms with E-state index in [2.05, 4.69) is 10.6 Å². The van der Waals surface area contributed by atoms with Gasteiger partial charge in [0.1, 0.15) is 0 Å². The van der Waals surface area contributed by atoms with Crippen molar-refractivity contribution in [2.45, 2.75) is 32.9 Å². The van der Waals surface area contributed by atoms with E-state index < -0.39 is 0 Å². The van der Waals surface area contributed by atoms with Crippen molar-refractivity contribution in [2.75, 3.05) is 12.4 Å². The number of para-hydroxylation sites is 1. The van der Waals surface area contributed by atoms with Crippen LogP contribution in [0.25, 0.3) is 0 Å². The molecule has 0 unspecified atom stereocenters. The molecule has 0 heterocycles. The molecule has 1 atom stereocenters. The lowest BCUT2D eigenvalue weighted by molar-refractivity contribution is 0.185. The molecule has 0 fully saturated rings. The van der Waals surface area contributed by atoms with Gasteiger partial charge in [-0.15, -0.1) is 0 Å². The first kappa shape index (κ1) is 13.5. The minimum atomic E-state index is -0.178. The van der Waals surface area contributed by atoms with E-state index in [0.717, 1.165) is 17.7 Å². The summed E-state index contributed by atoms with van der Waals surface area (Å²) in [6.45, 7) is 4.49. The van der Waals surface area contributed by atoms with Crippen molar-refractivity contribution in [1.82, 2.24) is 5.32 Å². The third kappa shape index (κ3) is 4.44. The molecule has 0 aliphatic rings. The molecule has 0 radical (unpaired) electrons. The van der Waals surface area contributed by atoms with Gasteiger partial charge in [-0.25, -0.2) is 4.79 Å². The maximum absolute atomic E-state index is 11.7. The van der Waals surface area contributed by atoms with Gasteiger partial charge in [-0.1, -0.05) is 25.1 Å². The highest BCUT2D eigenvalue weighted by Crippen LogP contribution is 2.15. The Bertz CT molecular complexity index is 366. The summed E-state index contributed by atoms with van der Waals surface area (Å²) in [5.74, 6) is 0. The summed E-state index contributed by atoms with van der Waals surface area (Å²) < 4.78 is 5.08. The first-order valence-electron chi connectivity index (χ1n) is 5.81. The summed E-state index contributed by atoms with van der Waals surface area (Å²) in [4.78, 5) is 11.7. The van der Waals surface area contributed by atoms with E-state index in [1.165, 1.54) is 0 Å². The molecule has 4 nitrogen and oxygen atoms in total. The molecule has 0 spiro atoms. The van der Waals surface area contributed by atoms with Crippen molar-refractivity contribution in [1.29, 1.82) is 0 Å². The molecule has 0 saturated carbocycles. The molecule has 17 heavy (non-hydrogen) atoms. The van der Waals surface area contributed by atoms with E-state index in [4.69, 9.17) is 4.74 Å². The largest absolute Gasteiger partial charge is 0.380 e. The molecule has 1 aromatic carbocycles. The van der Waals surface area contributed by atoms with E-state index in [1.807, 2.05) is 38.1 Å². The average Bonchev–Trinajstić information content (AvgIpc) is 2.31. The lowest BCUT2D eigenvalue weighted by atomic mass is 10.2. The Morgan fingerprint density at radius 1 is 1.41 bits per heavy atom. The summed E-state index contributed by atoms with van der Waals surface area (Å²) in [6, 6.07) is 7.60. The molecule has 0 aliphatic carbocycles. The molecule has 94 valence electrons. The quantitative estimate of drug-likeness (QED) is 0.826. The fraction of sp³-hybridized carbons (Fsp3) is 0.462. The standard InChI is InChI=1S/C13H20N2O2/c1-4-10(2)14-13(16)15-12-8-6-5-7-11(12)9-17-3/h5-8,10H,4,9H2,1-3H3,(H2,14,15,16)/t10-/m0/s1. The second kappa shape index (κ2) is 6.91. The van der Waals surface area contributed by atoms with Crippen molar-refractivity contribution in [2.24, 2.45) is 0 Å². The average molecular weight is 236 g/mol. The minimum Gasteiger partial charge on any atom is -0.380 e. The Balaban J connectivity index is 2.64. The van der Waals surface area contributed by atoms with E-state index in [0.29, 0.717) is 6.61 Å². The van der Waals surface area contributed by atoms with Gasteiger partial charge in [0, 0.05) is 24.4 Å². The Morgan fingerprint density at radius 3 is 2.76 bits per heavy atom. The van der Waals surface area contributed by atoms with E-state index in [9.17, 15) is 4.79 Å². The van der Waals surface area contributed by atoms with Crippen LogP contribution in [-0.4, -0.2) is 19.2 Å². The zero-order chi connectivity index (χ0) is 12.7. The lowest BCUT2D eigenvalue weighted by Crippen LogP contribution is -2.35. The summed E-state index contributed by atoms with van der Waals surface area (Å²) in [7, 11) is 1.63. The van der Waals surface area contributed by atoms with Gasteiger partial charge in [-0.2, -0.15) is 0 Å². The molecular formula is C13H20N2O2. The number of hydrogen-bond donors (Lipinski definition) is 2. The third-order valence-corrected chi connectivity index (χ3v) is 2.56. The van der Waals surface area contributed by atoms with Crippen molar-refractivity contribution in [3.63, 3.8) is 0 Å². The number of nitrogens with one attached hydrogen (secondary N) is 2. The number of anilines is 1. The summed E-state index contributed by atoms with van der Waals surface area (Å²) in [6.07, 6.45) is 0.910. The smallest absolute Gasteiger partial charge is 0.319 e. The molecule has 2 N–H and O–H groups in total. The number of carbonyl (C=O) groups excluding carboxylic acids is 1. The molecule has 2 amide bonds. The van der Waals surface area contributed by atoms with E-state index in [-0.39, 0.29) is 12.1 Å². The highest BCUT2D eigenvalue weighted by Gasteiger charge is 2.07. The van der Waals surface area contributed by atoms with Gasteiger partial charge in [-0.3, -0.25) is 0 Å². The van der Waals surface area contributed by atoms with Crippen LogP contribution in [0.4, 0.5) is 10.5 Å². The van der Waals surface area contributed by atoms with Crippen LogP contribution >= 0.6 is 0 Å². The van der Waals surface area contributed by atoms with Gasteiger partial charge >= 0.3 is 6.03 Å². The van der Waals surface area contributed by atoms with Crippen LogP contribution in [0.1, 0.15) is 25.8 Å². The maximum atomic E-state index is 11.7. The maximum Gasteiger partial charge on any atom is 0.319 e. The Hall–Kier alpha value is -1.55. The van der Waals surface area contributed by atoms with Gasteiger partial charge in [0.2, 0.25) is 0 Å². The lowest BCUT2D eigenvalue weighted by Gasteiger charge is -2.14. The Morgan fingerprint density at radius 2 is 2.12 bits per heavy atom. The predicted molar refractivity (Wildman–Crippen MR) is 69.1 cm³/mol. The molecule has 0 aromatic heterocycles. The van der Waals surface area contributed by atoms with Crippen LogP contribution in [0.2, 0.25) is 0 Å². The van der Waals surface area contributed by atoms with Crippen LogP contribution in [-0.2, 0) is 11.3 Å². The first-order chi connectivity index (χ1) is 8.17. The van der Waals surface area contributed by atoms with Crippen LogP contribution in [0.15, 0.2) is 24.3 Å². The number of amides is 2. The summed E-state index contributed by atoms with van der Waals surface area (Å²) >= 11 is 0. The fourth-order valence-corrected chi connectivity index (χ4v) is 1.41.